The van der Waals surface area contributed by atoms with Crippen molar-refractivity contribution in [1.82, 2.24) is 15.1 Å². The van der Waals surface area contributed by atoms with E-state index in [9.17, 15) is 0 Å². The van der Waals surface area contributed by atoms with E-state index in [2.05, 4.69) is 22.1 Å². The summed E-state index contributed by atoms with van der Waals surface area (Å²) in [5.41, 5.74) is 7.15. The van der Waals surface area contributed by atoms with Gasteiger partial charge in [-0.05, 0) is 26.1 Å². The van der Waals surface area contributed by atoms with Crippen molar-refractivity contribution in [3.05, 3.63) is 16.9 Å². The van der Waals surface area contributed by atoms with Crippen molar-refractivity contribution in [3.63, 3.8) is 0 Å². The van der Waals surface area contributed by atoms with E-state index in [1.807, 2.05) is 6.07 Å². The molecule has 2 heterocycles. The van der Waals surface area contributed by atoms with E-state index in [1.165, 1.54) is 0 Å². The molecule has 1 aromatic heterocycles. The van der Waals surface area contributed by atoms with E-state index in [4.69, 9.17) is 17.3 Å². The molecule has 76 valence electrons. The van der Waals surface area contributed by atoms with Gasteiger partial charge in [0.2, 0.25) is 0 Å². The van der Waals surface area contributed by atoms with Crippen LogP contribution in [0.2, 0.25) is 5.15 Å². The topological polar surface area (TPSA) is 55.0 Å². The molecule has 4 nitrogen and oxygen atoms in total. The van der Waals surface area contributed by atoms with Gasteiger partial charge in [0, 0.05) is 12.5 Å². The fourth-order valence-electron chi connectivity index (χ4n) is 1.78. The molecule has 0 bridgehead atoms. The summed E-state index contributed by atoms with van der Waals surface area (Å²) >= 11 is 5.71. The maximum Gasteiger partial charge on any atom is 0.174 e. The fourth-order valence-corrected chi connectivity index (χ4v) is 1.88. The first kappa shape index (κ1) is 9.68. The monoisotopic (exact) mass is 212 g/mol. The van der Waals surface area contributed by atoms with Crippen molar-refractivity contribution in [2.24, 2.45) is 0 Å². The number of hydrogen-bond donors (Lipinski definition) is 1. The number of rotatable bonds is 1. The van der Waals surface area contributed by atoms with E-state index in [0.717, 1.165) is 25.2 Å². The second-order valence-electron chi connectivity index (χ2n) is 3.76. The summed E-state index contributed by atoms with van der Waals surface area (Å²) < 4.78 is 0. The van der Waals surface area contributed by atoms with Crippen molar-refractivity contribution >= 4 is 17.3 Å². The molecular formula is C9H13ClN4. The maximum absolute atomic E-state index is 5.71. The smallest absolute Gasteiger partial charge is 0.174 e. The average molecular weight is 213 g/mol. The van der Waals surface area contributed by atoms with Crippen LogP contribution in [-0.2, 0) is 0 Å². The van der Waals surface area contributed by atoms with Crippen molar-refractivity contribution < 1.29 is 0 Å². The van der Waals surface area contributed by atoms with Crippen LogP contribution in [0.3, 0.4) is 0 Å². The zero-order valence-electron chi connectivity index (χ0n) is 8.07. The molecule has 14 heavy (non-hydrogen) atoms. The van der Waals surface area contributed by atoms with Crippen LogP contribution in [-0.4, -0.2) is 35.2 Å². The Bertz CT molecular complexity index is 342. The minimum absolute atomic E-state index is 0.292. The number of nitrogens with two attached hydrogens (primary N) is 1. The molecule has 0 radical (unpaired) electrons. The zero-order chi connectivity index (χ0) is 10.1. The lowest BCUT2D eigenvalue weighted by molar-refractivity contribution is 0.410. The molecule has 1 fully saturated rings. The summed E-state index contributed by atoms with van der Waals surface area (Å²) in [5.74, 6) is 0.451. The van der Waals surface area contributed by atoms with Gasteiger partial charge < -0.3 is 10.6 Å². The highest BCUT2D eigenvalue weighted by Crippen LogP contribution is 2.26. The Morgan fingerprint density at radius 2 is 2.36 bits per heavy atom. The highest BCUT2D eigenvalue weighted by molar-refractivity contribution is 6.31. The molecule has 0 saturated carbocycles. The van der Waals surface area contributed by atoms with E-state index in [1.54, 1.807) is 0 Å². The quantitative estimate of drug-likeness (QED) is 0.759. The predicted molar refractivity (Wildman–Crippen MR) is 56.3 cm³/mol. The normalized spacial score (nSPS) is 22.9. The molecule has 0 spiro atoms. The molecule has 1 atom stereocenters. The van der Waals surface area contributed by atoms with Crippen LogP contribution in [0.15, 0.2) is 6.07 Å². The molecule has 1 unspecified atom stereocenters. The average Bonchev–Trinajstić information content (AvgIpc) is 2.57. The first-order chi connectivity index (χ1) is 6.66. The van der Waals surface area contributed by atoms with Crippen molar-refractivity contribution in [2.45, 2.75) is 12.3 Å². The maximum atomic E-state index is 5.71. The van der Waals surface area contributed by atoms with Gasteiger partial charge in [0.1, 0.15) is 0 Å². The lowest BCUT2D eigenvalue weighted by Gasteiger charge is -2.09. The molecule has 5 heteroatoms. The number of nitrogen functional groups attached to an aromatic ring is 1. The highest BCUT2D eigenvalue weighted by Gasteiger charge is 2.23. The Kier molecular flexibility index (Phi) is 2.56. The first-order valence-electron chi connectivity index (χ1n) is 4.64. The molecule has 0 amide bonds. The van der Waals surface area contributed by atoms with Crippen molar-refractivity contribution in [2.75, 3.05) is 25.9 Å². The standard InChI is InChI=1S/C9H13ClN4/c1-14-3-2-6(5-14)8-4-7(11)9(10)13-12-8/h4,6H,2-3,5H2,1H3,(H2,11,12). The van der Waals surface area contributed by atoms with Crippen LogP contribution in [0.1, 0.15) is 18.0 Å². The van der Waals surface area contributed by atoms with Gasteiger partial charge in [-0.15, -0.1) is 5.10 Å². The summed E-state index contributed by atoms with van der Waals surface area (Å²) in [7, 11) is 2.10. The van der Waals surface area contributed by atoms with Crippen molar-refractivity contribution in [1.29, 1.82) is 0 Å². The van der Waals surface area contributed by atoms with Crippen molar-refractivity contribution in [3.8, 4) is 0 Å². The SMILES string of the molecule is CN1CCC(c2cc(N)c(Cl)nn2)C1. The third-order valence-corrected chi connectivity index (χ3v) is 2.90. The summed E-state index contributed by atoms with van der Waals surface area (Å²) in [6.45, 7) is 2.13. The third-order valence-electron chi connectivity index (χ3n) is 2.60. The second kappa shape index (κ2) is 3.71. The van der Waals surface area contributed by atoms with Gasteiger partial charge in [-0.1, -0.05) is 11.6 Å². The van der Waals surface area contributed by atoms with Crippen LogP contribution in [0.25, 0.3) is 0 Å². The molecule has 1 aliphatic rings. The Labute approximate surface area is 88.1 Å². The Hall–Kier alpha value is -0.870. The van der Waals surface area contributed by atoms with Gasteiger partial charge in [-0.2, -0.15) is 5.10 Å². The van der Waals surface area contributed by atoms with E-state index in [0.29, 0.717) is 16.8 Å². The largest absolute Gasteiger partial charge is 0.396 e. The molecule has 0 aromatic carbocycles. The number of likely N-dealkylation sites (tertiary alicyclic amines) is 1. The van der Waals surface area contributed by atoms with E-state index in [-0.39, 0.29) is 0 Å². The molecular weight excluding hydrogens is 200 g/mol. The van der Waals surface area contributed by atoms with E-state index < -0.39 is 0 Å². The van der Waals surface area contributed by atoms with Gasteiger partial charge in [-0.25, -0.2) is 0 Å². The summed E-state index contributed by atoms with van der Waals surface area (Å²) in [5, 5.41) is 8.18. The molecule has 2 N–H and O–H groups in total. The number of nitrogens with zero attached hydrogens (tertiary/aromatic N) is 3. The predicted octanol–water partition coefficient (Wildman–Crippen LogP) is 1.13. The number of hydrogen-bond acceptors (Lipinski definition) is 4. The Morgan fingerprint density at radius 3 is 2.93 bits per heavy atom. The van der Waals surface area contributed by atoms with Gasteiger partial charge >= 0.3 is 0 Å². The van der Waals surface area contributed by atoms with Gasteiger partial charge in [0.05, 0.1) is 11.4 Å². The lowest BCUT2D eigenvalue weighted by Crippen LogP contribution is -2.14. The number of halogens is 1. The molecule has 1 aromatic rings. The van der Waals surface area contributed by atoms with Crippen LogP contribution >= 0.6 is 11.6 Å². The molecule has 1 aliphatic heterocycles. The Balaban J connectivity index is 2.20. The summed E-state index contributed by atoms with van der Waals surface area (Å²) in [6, 6.07) is 1.83. The van der Waals surface area contributed by atoms with E-state index >= 15 is 0 Å². The number of likely N-dealkylation sites (N-methyl/N-ethyl adjacent to an activating group) is 1. The van der Waals surface area contributed by atoms with Crippen LogP contribution in [0.5, 0.6) is 0 Å². The summed E-state index contributed by atoms with van der Waals surface area (Å²) in [4.78, 5) is 2.27. The van der Waals surface area contributed by atoms with Crippen LogP contribution < -0.4 is 5.73 Å². The number of anilines is 1. The van der Waals surface area contributed by atoms with Crippen LogP contribution in [0, 0.1) is 0 Å². The van der Waals surface area contributed by atoms with Gasteiger partial charge in [0.15, 0.2) is 5.15 Å². The van der Waals surface area contributed by atoms with Gasteiger partial charge in [0.25, 0.3) is 0 Å². The fraction of sp³-hybridized carbons (Fsp3) is 0.556. The zero-order valence-corrected chi connectivity index (χ0v) is 8.83. The molecule has 2 rings (SSSR count). The second-order valence-corrected chi connectivity index (χ2v) is 4.12. The molecule has 1 saturated heterocycles. The number of aromatic nitrogens is 2. The minimum Gasteiger partial charge on any atom is -0.396 e. The molecule has 0 aliphatic carbocycles. The summed E-state index contributed by atoms with van der Waals surface area (Å²) in [6.07, 6.45) is 1.12. The Morgan fingerprint density at radius 1 is 1.57 bits per heavy atom. The van der Waals surface area contributed by atoms with Crippen LogP contribution in [0.4, 0.5) is 5.69 Å². The highest BCUT2D eigenvalue weighted by atomic mass is 35.5. The minimum atomic E-state index is 0.292. The first-order valence-corrected chi connectivity index (χ1v) is 5.02. The lowest BCUT2D eigenvalue weighted by atomic mass is 10.0. The van der Waals surface area contributed by atoms with Gasteiger partial charge in [-0.3, -0.25) is 0 Å². The third kappa shape index (κ3) is 1.81.